The minimum Gasteiger partial charge on any atom is -0.481 e. The van der Waals surface area contributed by atoms with Crippen molar-refractivity contribution in [3.63, 3.8) is 0 Å². The van der Waals surface area contributed by atoms with E-state index in [0.717, 1.165) is 5.56 Å². The number of rotatable bonds is 6. The third-order valence-electron chi connectivity index (χ3n) is 3.49. The van der Waals surface area contributed by atoms with Crippen molar-refractivity contribution in [1.82, 2.24) is 0 Å². The molecule has 1 atom stereocenters. The van der Waals surface area contributed by atoms with Crippen LogP contribution in [0.15, 0.2) is 36.4 Å². The molecule has 0 radical (unpaired) electrons. The van der Waals surface area contributed by atoms with E-state index in [0.29, 0.717) is 17.2 Å². The maximum absolute atomic E-state index is 12.4. The molecule has 0 unspecified atom stereocenters. The molecule has 0 aromatic heterocycles. The van der Waals surface area contributed by atoms with Gasteiger partial charge >= 0.3 is 0 Å². The lowest BCUT2D eigenvalue weighted by Crippen LogP contribution is -2.32. The summed E-state index contributed by atoms with van der Waals surface area (Å²) in [6, 6.07) is 8.93. The Morgan fingerprint density at radius 1 is 1.24 bits per heavy atom. The molecule has 0 bridgehead atoms. The van der Waals surface area contributed by atoms with Gasteiger partial charge in [0.25, 0.3) is 11.6 Å². The van der Waals surface area contributed by atoms with Crippen LogP contribution in [0.3, 0.4) is 0 Å². The Kier molecular flexibility index (Phi) is 6.22. The van der Waals surface area contributed by atoms with E-state index in [9.17, 15) is 14.9 Å². The fraction of sp³-hybridized carbons (Fsp3) is 0.235. The summed E-state index contributed by atoms with van der Waals surface area (Å²) in [6.07, 6.45) is -0.379. The van der Waals surface area contributed by atoms with Gasteiger partial charge in [0.05, 0.1) is 15.6 Å². The van der Waals surface area contributed by atoms with Crippen molar-refractivity contribution >= 4 is 40.5 Å². The van der Waals surface area contributed by atoms with E-state index in [-0.39, 0.29) is 16.4 Å². The minimum atomic E-state index is -0.782. The smallest absolute Gasteiger partial charge is 0.271 e. The first-order chi connectivity index (χ1) is 11.8. The molecule has 1 N–H and O–H groups in total. The van der Waals surface area contributed by atoms with Crippen molar-refractivity contribution in [3.8, 4) is 5.75 Å². The van der Waals surface area contributed by atoms with Crippen molar-refractivity contribution in [2.75, 3.05) is 5.32 Å². The summed E-state index contributed by atoms with van der Waals surface area (Å²) >= 11 is 12.0. The SMILES string of the molecule is CC[C@H](Oc1ccc(Cl)c(C)c1)C(=O)Nc1cc([N+](=O)[O-])ccc1Cl. The Morgan fingerprint density at radius 2 is 1.92 bits per heavy atom. The van der Waals surface area contributed by atoms with Gasteiger partial charge in [0.2, 0.25) is 0 Å². The standard InChI is InChI=1S/C17H16Cl2N2O4/c1-3-16(25-12-5-7-13(18)10(2)8-12)17(22)20-15-9-11(21(23)24)4-6-14(15)19/h4-9,16H,3H2,1-2H3,(H,20,22)/t16-/m0/s1. The predicted octanol–water partition coefficient (Wildman–Crippen LogP) is 5.01. The number of carbonyl (C=O) groups is 1. The number of non-ortho nitro benzene ring substituents is 1. The molecule has 1 amide bonds. The molecule has 2 rings (SSSR count). The maximum atomic E-state index is 12.4. The fourth-order valence-electron chi connectivity index (χ4n) is 2.11. The highest BCUT2D eigenvalue weighted by molar-refractivity contribution is 6.33. The highest BCUT2D eigenvalue weighted by atomic mass is 35.5. The average molecular weight is 383 g/mol. The van der Waals surface area contributed by atoms with Crippen LogP contribution < -0.4 is 10.1 Å². The van der Waals surface area contributed by atoms with Gasteiger partial charge in [-0.05, 0) is 43.2 Å². The molecule has 0 fully saturated rings. The first kappa shape index (κ1) is 19.0. The molecule has 2 aromatic carbocycles. The highest BCUT2D eigenvalue weighted by Gasteiger charge is 2.21. The van der Waals surface area contributed by atoms with E-state index in [4.69, 9.17) is 27.9 Å². The normalized spacial score (nSPS) is 11.7. The first-order valence-corrected chi connectivity index (χ1v) is 8.25. The monoisotopic (exact) mass is 382 g/mol. The Hall–Kier alpha value is -2.31. The lowest BCUT2D eigenvalue weighted by molar-refractivity contribution is -0.384. The van der Waals surface area contributed by atoms with Crippen molar-refractivity contribution in [2.45, 2.75) is 26.4 Å². The Labute approximate surface area is 154 Å². The summed E-state index contributed by atoms with van der Waals surface area (Å²) in [7, 11) is 0. The second kappa shape index (κ2) is 8.18. The molecule has 0 saturated heterocycles. The van der Waals surface area contributed by atoms with Crippen LogP contribution in [0.25, 0.3) is 0 Å². The topological polar surface area (TPSA) is 81.5 Å². The van der Waals surface area contributed by atoms with Gasteiger partial charge in [0.15, 0.2) is 6.10 Å². The Morgan fingerprint density at radius 3 is 2.52 bits per heavy atom. The number of aryl methyl sites for hydroxylation is 1. The fourth-order valence-corrected chi connectivity index (χ4v) is 2.40. The van der Waals surface area contributed by atoms with E-state index in [1.54, 1.807) is 25.1 Å². The zero-order chi connectivity index (χ0) is 18.6. The molecule has 6 nitrogen and oxygen atoms in total. The van der Waals surface area contributed by atoms with Crippen LogP contribution in [-0.4, -0.2) is 16.9 Å². The van der Waals surface area contributed by atoms with Crippen LogP contribution in [-0.2, 0) is 4.79 Å². The number of benzene rings is 2. The number of nitrogens with one attached hydrogen (secondary N) is 1. The van der Waals surface area contributed by atoms with Crippen LogP contribution >= 0.6 is 23.2 Å². The molecule has 0 spiro atoms. The van der Waals surface area contributed by atoms with E-state index < -0.39 is 16.9 Å². The van der Waals surface area contributed by atoms with Gasteiger partial charge in [-0.1, -0.05) is 30.1 Å². The predicted molar refractivity (Wildman–Crippen MR) is 97.6 cm³/mol. The average Bonchev–Trinajstić information content (AvgIpc) is 2.57. The quantitative estimate of drug-likeness (QED) is 0.562. The van der Waals surface area contributed by atoms with Gasteiger partial charge in [-0.15, -0.1) is 0 Å². The van der Waals surface area contributed by atoms with Crippen molar-refractivity contribution in [1.29, 1.82) is 0 Å². The lowest BCUT2D eigenvalue weighted by Gasteiger charge is -2.18. The van der Waals surface area contributed by atoms with Crippen LogP contribution in [0.4, 0.5) is 11.4 Å². The van der Waals surface area contributed by atoms with Crippen LogP contribution in [0.2, 0.25) is 10.0 Å². The molecule has 0 aliphatic rings. The number of ether oxygens (including phenoxy) is 1. The number of hydrogen-bond acceptors (Lipinski definition) is 4. The van der Waals surface area contributed by atoms with Gasteiger partial charge < -0.3 is 10.1 Å². The number of nitro benzene ring substituents is 1. The van der Waals surface area contributed by atoms with Crippen molar-refractivity contribution in [2.24, 2.45) is 0 Å². The largest absolute Gasteiger partial charge is 0.481 e. The summed E-state index contributed by atoms with van der Waals surface area (Å²) in [5.41, 5.74) is 0.827. The number of amides is 1. The molecule has 0 heterocycles. The third-order valence-corrected chi connectivity index (χ3v) is 4.24. The number of halogens is 2. The molecular formula is C17H16Cl2N2O4. The van der Waals surface area contributed by atoms with Crippen molar-refractivity contribution < 1.29 is 14.5 Å². The number of nitro groups is 1. The number of hydrogen-bond donors (Lipinski definition) is 1. The van der Waals surface area contributed by atoms with E-state index in [2.05, 4.69) is 5.32 Å². The maximum Gasteiger partial charge on any atom is 0.271 e. The minimum absolute atomic E-state index is 0.162. The lowest BCUT2D eigenvalue weighted by atomic mass is 10.2. The zero-order valence-corrected chi connectivity index (χ0v) is 15.1. The molecular weight excluding hydrogens is 367 g/mol. The van der Waals surface area contributed by atoms with Crippen LogP contribution in [0.5, 0.6) is 5.75 Å². The molecule has 0 aliphatic heterocycles. The number of carbonyl (C=O) groups excluding carboxylic acids is 1. The number of anilines is 1. The second-order valence-corrected chi connectivity index (χ2v) is 6.15. The molecule has 0 saturated carbocycles. The molecule has 25 heavy (non-hydrogen) atoms. The van der Waals surface area contributed by atoms with Gasteiger partial charge in [0.1, 0.15) is 5.75 Å². The Bertz CT molecular complexity index is 811. The van der Waals surface area contributed by atoms with E-state index in [1.165, 1.54) is 18.2 Å². The van der Waals surface area contributed by atoms with Crippen LogP contribution in [0.1, 0.15) is 18.9 Å². The van der Waals surface area contributed by atoms with E-state index in [1.807, 2.05) is 6.92 Å². The van der Waals surface area contributed by atoms with Gasteiger partial charge in [-0.3, -0.25) is 14.9 Å². The summed E-state index contributed by atoms with van der Waals surface area (Å²) in [6.45, 7) is 3.63. The van der Waals surface area contributed by atoms with Gasteiger partial charge in [0, 0.05) is 17.2 Å². The van der Waals surface area contributed by atoms with Gasteiger partial charge in [-0.2, -0.15) is 0 Å². The molecule has 132 valence electrons. The Balaban J connectivity index is 2.16. The van der Waals surface area contributed by atoms with E-state index >= 15 is 0 Å². The summed E-state index contributed by atoms with van der Waals surface area (Å²) in [5.74, 6) is 0.0616. The van der Waals surface area contributed by atoms with Gasteiger partial charge in [-0.25, -0.2) is 0 Å². The summed E-state index contributed by atoms with van der Waals surface area (Å²) in [5, 5.41) is 14.2. The van der Waals surface area contributed by atoms with Crippen molar-refractivity contribution in [3.05, 3.63) is 62.1 Å². The summed E-state index contributed by atoms with van der Waals surface area (Å²) in [4.78, 5) is 22.7. The molecule has 2 aromatic rings. The second-order valence-electron chi connectivity index (χ2n) is 5.34. The molecule has 0 aliphatic carbocycles. The van der Waals surface area contributed by atoms with Crippen LogP contribution in [0, 0.1) is 17.0 Å². The highest BCUT2D eigenvalue weighted by Crippen LogP contribution is 2.27. The summed E-state index contributed by atoms with van der Waals surface area (Å²) < 4.78 is 5.70. The number of nitrogens with zero attached hydrogens (tertiary/aromatic N) is 1. The third kappa shape index (κ3) is 4.84. The zero-order valence-electron chi connectivity index (χ0n) is 13.6. The first-order valence-electron chi connectivity index (χ1n) is 7.49. The molecule has 8 heteroatoms.